The van der Waals surface area contributed by atoms with E-state index in [-0.39, 0.29) is 11.9 Å². The minimum absolute atomic E-state index is 0.0796. The standard InChI is InChI=1S/C22H26Cl2N2O4/c1-28-19-12-15(13-20(29-2)22(19)30-3)25-21(27)8-10-26-9-4-5-18(26)14-6-7-16(23)17(24)11-14/h6-7,11-13,18H,4-5,8-10H2,1-3H3,(H,25,27). The normalized spacial score (nSPS) is 16.4. The quantitative estimate of drug-likeness (QED) is 0.597. The van der Waals surface area contributed by atoms with Gasteiger partial charge in [-0.2, -0.15) is 0 Å². The Balaban J connectivity index is 1.63. The lowest BCUT2D eigenvalue weighted by Gasteiger charge is -2.25. The summed E-state index contributed by atoms with van der Waals surface area (Å²) in [7, 11) is 4.62. The maximum atomic E-state index is 12.6. The molecule has 0 radical (unpaired) electrons. The van der Waals surface area contributed by atoms with Gasteiger partial charge in [0.25, 0.3) is 0 Å². The molecule has 162 valence electrons. The average molecular weight is 453 g/mol. The molecule has 1 aliphatic rings. The van der Waals surface area contributed by atoms with E-state index in [1.165, 1.54) is 0 Å². The predicted molar refractivity (Wildman–Crippen MR) is 119 cm³/mol. The third-order valence-corrected chi connectivity index (χ3v) is 6.01. The van der Waals surface area contributed by atoms with Gasteiger partial charge in [-0.1, -0.05) is 29.3 Å². The molecular weight excluding hydrogens is 427 g/mol. The van der Waals surface area contributed by atoms with Crippen molar-refractivity contribution < 1.29 is 19.0 Å². The molecule has 6 nitrogen and oxygen atoms in total. The van der Waals surface area contributed by atoms with Gasteiger partial charge in [-0.05, 0) is 37.1 Å². The van der Waals surface area contributed by atoms with Crippen LogP contribution in [0.2, 0.25) is 10.0 Å². The molecule has 0 spiro atoms. The van der Waals surface area contributed by atoms with E-state index in [2.05, 4.69) is 10.2 Å². The number of hydrogen-bond donors (Lipinski definition) is 1. The Labute approximate surface area is 187 Å². The van der Waals surface area contributed by atoms with Crippen molar-refractivity contribution in [2.45, 2.75) is 25.3 Å². The molecule has 1 unspecified atom stereocenters. The fourth-order valence-corrected chi connectivity index (χ4v) is 4.12. The summed E-state index contributed by atoms with van der Waals surface area (Å²) in [6.45, 7) is 1.60. The molecule has 0 bridgehead atoms. The van der Waals surface area contributed by atoms with E-state index in [0.717, 1.165) is 24.9 Å². The van der Waals surface area contributed by atoms with E-state index in [1.807, 2.05) is 18.2 Å². The topological polar surface area (TPSA) is 60.0 Å². The number of carbonyl (C=O) groups excluding carboxylic acids is 1. The van der Waals surface area contributed by atoms with Gasteiger partial charge in [0.05, 0.1) is 31.4 Å². The number of rotatable bonds is 8. The number of halogens is 2. The monoisotopic (exact) mass is 452 g/mol. The van der Waals surface area contributed by atoms with Gasteiger partial charge in [0, 0.05) is 36.8 Å². The SMILES string of the molecule is COc1cc(NC(=O)CCN2CCCC2c2ccc(Cl)c(Cl)c2)cc(OC)c1OC. The van der Waals surface area contributed by atoms with E-state index in [4.69, 9.17) is 37.4 Å². The van der Waals surface area contributed by atoms with E-state index < -0.39 is 0 Å². The smallest absolute Gasteiger partial charge is 0.225 e. The zero-order valence-corrected chi connectivity index (χ0v) is 18.8. The van der Waals surface area contributed by atoms with Gasteiger partial charge < -0.3 is 19.5 Å². The summed E-state index contributed by atoms with van der Waals surface area (Å²) < 4.78 is 16.0. The van der Waals surface area contributed by atoms with Crippen LogP contribution < -0.4 is 19.5 Å². The van der Waals surface area contributed by atoms with Gasteiger partial charge in [0.15, 0.2) is 11.5 Å². The summed E-state index contributed by atoms with van der Waals surface area (Å²) in [5.41, 5.74) is 1.73. The van der Waals surface area contributed by atoms with Crippen LogP contribution in [0.1, 0.15) is 30.9 Å². The predicted octanol–water partition coefficient (Wildman–Crippen LogP) is 5.18. The minimum Gasteiger partial charge on any atom is -0.493 e. The highest BCUT2D eigenvalue weighted by atomic mass is 35.5. The highest BCUT2D eigenvalue weighted by Gasteiger charge is 2.26. The number of methoxy groups -OCH3 is 3. The third kappa shape index (κ3) is 5.12. The molecule has 1 atom stereocenters. The number of anilines is 1. The summed E-state index contributed by atoms with van der Waals surface area (Å²) >= 11 is 12.2. The first-order chi connectivity index (χ1) is 14.5. The van der Waals surface area contributed by atoms with Crippen molar-refractivity contribution in [3.8, 4) is 17.2 Å². The van der Waals surface area contributed by atoms with Crippen molar-refractivity contribution >= 4 is 34.8 Å². The molecule has 1 fully saturated rings. The summed E-state index contributed by atoms with van der Waals surface area (Å²) in [6, 6.07) is 9.43. The van der Waals surface area contributed by atoms with Gasteiger partial charge in [0.1, 0.15) is 0 Å². The lowest BCUT2D eigenvalue weighted by Crippen LogP contribution is -2.27. The number of ether oxygens (including phenoxy) is 3. The molecule has 1 aliphatic heterocycles. The van der Waals surface area contributed by atoms with Crippen molar-refractivity contribution in [3.05, 3.63) is 45.9 Å². The molecule has 1 heterocycles. The van der Waals surface area contributed by atoms with Gasteiger partial charge in [-0.3, -0.25) is 9.69 Å². The van der Waals surface area contributed by atoms with Crippen LogP contribution in [0.4, 0.5) is 5.69 Å². The van der Waals surface area contributed by atoms with Crippen LogP contribution in [0.25, 0.3) is 0 Å². The van der Waals surface area contributed by atoms with Gasteiger partial charge in [-0.15, -0.1) is 0 Å². The third-order valence-electron chi connectivity index (χ3n) is 5.27. The van der Waals surface area contributed by atoms with Gasteiger partial charge >= 0.3 is 0 Å². The number of nitrogens with zero attached hydrogens (tertiary/aromatic N) is 1. The Bertz CT molecular complexity index is 882. The number of carbonyl (C=O) groups is 1. The molecule has 0 saturated carbocycles. The second-order valence-electron chi connectivity index (χ2n) is 7.08. The second-order valence-corrected chi connectivity index (χ2v) is 7.89. The molecule has 2 aromatic carbocycles. The molecule has 8 heteroatoms. The van der Waals surface area contributed by atoms with Crippen LogP contribution in [0.15, 0.2) is 30.3 Å². The van der Waals surface area contributed by atoms with Crippen LogP contribution in [0.3, 0.4) is 0 Å². The van der Waals surface area contributed by atoms with Crippen molar-refractivity contribution in [1.82, 2.24) is 4.90 Å². The molecule has 2 aromatic rings. The Hall–Kier alpha value is -2.15. The van der Waals surface area contributed by atoms with Crippen LogP contribution in [0.5, 0.6) is 17.2 Å². The largest absolute Gasteiger partial charge is 0.493 e. The maximum Gasteiger partial charge on any atom is 0.225 e. The molecule has 1 N–H and O–H groups in total. The Morgan fingerprint density at radius 2 is 1.77 bits per heavy atom. The van der Waals surface area contributed by atoms with Crippen molar-refractivity contribution in [2.75, 3.05) is 39.7 Å². The lowest BCUT2D eigenvalue weighted by molar-refractivity contribution is -0.116. The molecule has 0 aliphatic carbocycles. The van der Waals surface area contributed by atoms with E-state index in [0.29, 0.717) is 45.9 Å². The lowest BCUT2D eigenvalue weighted by atomic mass is 10.0. The minimum atomic E-state index is -0.0796. The zero-order chi connectivity index (χ0) is 21.7. The first-order valence-electron chi connectivity index (χ1n) is 9.75. The van der Waals surface area contributed by atoms with Crippen LogP contribution in [0, 0.1) is 0 Å². The van der Waals surface area contributed by atoms with Crippen molar-refractivity contribution in [1.29, 1.82) is 0 Å². The Morgan fingerprint density at radius 1 is 1.07 bits per heavy atom. The van der Waals surface area contributed by atoms with Crippen LogP contribution in [-0.2, 0) is 4.79 Å². The van der Waals surface area contributed by atoms with Gasteiger partial charge in [-0.25, -0.2) is 0 Å². The highest BCUT2D eigenvalue weighted by molar-refractivity contribution is 6.42. The number of nitrogens with one attached hydrogen (secondary N) is 1. The maximum absolute atomic E-state index is 12.6. The number of benzene rings is 2. The zero-order valence-electron chi connectivity index (χ0n) is 17.3. The second kappa shape index (κ2) is 10.2. The molecule has 0 aromatic heterocycles. The molecule has 1 amide bonds. The average Bonchev–Trinajstić information content (AvgIpc) is 3.22. The summed E-state index contributed by atoms with van der Waals surface area (Å²) in [5, 5.41) is 4.03. The first kappa shape index (κ1) is 22.5. The fraction of sp³-hybridized carbons (Fsp3) is 0.409. The summed E-state index contributed by atoms with van der Waals surface area (Å²) in [6.07, 6.45) is 2.49. The Morgan fingerprint density at radius 3 is 2.37 bits per heavy atom. The molecule has 3 rings (SSSR count). The van der Waals surface area contributed by atoms with E-state index in [1.54, 1.807) is 33.5 Å². The molecule has 1 saturated heterocycles. The van der Waals surface area contributed by atoms with Crippen LogP contribution in [-0.4, -0.2) is 45.2 Å². The molecule has 30 heavy (non-hydrogen) atoms. The van der Waals surface area contributed by atoms with Gasteiger partial charge in [0.2, 0.25) is 11.7 Å². The summed E-state index contributed by atoms with van der Waals surface area (Å²) in [5.74, 6) is 1.39. The number of amides is 1. The number of hydrogen-bond acceptors (Lipinski definition) is 5. The fourth-order valence-electron chi connectivity index (χ4n) is 3.81. The number of likely N-dealkylation sites (tertiary alicyclic amines) is 1. The highest BCUT2D eigenvalue weighted by Crippen LogP contribution is 2.40. The van der Waals surface area contributed by atoms with Crippen molar-refractivity contribution in [2.24, 2.45) is 0 Å². The summed E-state index contributed by atoms with van der Waals surface area (Å²) in [4.78, 5) is 14.9. The van der Waals surface area contributed by atoms with Crippen LogP contribution >= 0.6 is 23.2 Å². The van der Waals surface area contributed by atoms with Crippen molar-refractivity contribution in [3.63, 3.8) is 0 Å². The van der Waals surface area contributed by atoms with E-state index in [9.17, 15) is 4.79 Å². The first-order valence-corrected chi connectivity index (χ1v) is 10.5. The van der Waals surface area contributed by atoms with E-state index >= 15 is 0 Å². The molecular formula is C22H26Cl2N2O4. The Kier molecular flexibility index (Phi) is 7.69.